The molecule has 0 saturated carbocycles. The standard InChI is InChI=1S/C22H24N2O5S/c1-23-20(25)14-30(27,28)15-10-12-24(13-11-15)22(26)21-16-6-2-4-8-18(16)29-19-9-5-3-7-17(19)21/h2-9,15,21H,10-14H2,1H3,(H,23,25). The van der Waals surface area contributed by atoms with Gasteiger partial charge in [-0.3, -0.25) is 9.59 Å². The summed E-state index contributed by atoms with van der Waals surface area (Å²) in [6.45, 7) is 0.691. The van der Waals surface area contributed by atoms with Crippen molar-refractivity contribution in [3.8, 4) is 11.5 Å². The Bertz CT molecular complexity index is 1030. The second-order valence-corrected chi connectivity index (χ2v) is 9.90. The monoisotopic (exact) mass is 428 g/mol. The van der Waals surface area contributed by atoms with E-state index in [0.717, 1.165) is 11.1 Å². The van der Waals surface area contributed by atoms with Crippen LogP contribution in [0.3, 0.4) is 0 Å². The lowest BCUT2D eigenvalue weighted by Gasteiger charge is -2.36. The van der Waals surface area contributed by atoms with Crippen molar-refractivity contribution in [2.75, 3.05) is 25.9 Å². The molecule has 1 saturated heterocycles. The van der Waals surface area contributed by atoms with Gasteiger partial charge in [0.15, 0.2) is 9.84 Å². The first-order chi connectivity index (χ1) is 14.4. The Morgan fingerprint density at radius 3 is 2.07 bits per heavy atom. The molecular formula is C22H24N2O5S. The van der Waals surface area contributed by atoms with Gasteiger partial charge >= 0.3 is 0 Å². The number of para-hydroxylation sites is 2. The van der Waals surface area contributed by atoms with E-state index in [2.05, 4.69) is 5.32 Å². The number of ether oxygens (including phenoxy) is 1. The lowest BCUT2D eigenvalue weighted by atomic mass is 9.86. The summed E-state index contributed by atoms with van der Waals surface area (Å²) in [7, 11) is -2.12. The number of likely N-dealkylation sites (tertiary alicyclic amines) is 1. The lowest BCUT2D eigenvalue weighted by molar-refractivity contribution is -0.132. The molecule has 7 nitrogen and oxygen atoms in total. The number of carbonyl (C=O) groups excluding carboxylic acids is 2. The van der Waals surface area contributed by atoms with Gasteiger partial charge in [0.05, 0.1) is 11.2 Å². The Labute approximate surface area is 175 Å². The van der Waals surface area contributed by atoms with Crippen LogP contribution in [-0.4, -0.2) is 56.3 Å². The third-order valence-electron chi connectivity index (χ3n) is 5.80. The lowest BCUT2D eigenvalue weighted by Crippen LogP contribution is -2.46. The molecule has 1 N–H and O–H groups in total. The summed E-state index contributed by atoms with van der Waals surface area (Å²) in [5, 5.41) is 1.75. The maximum absolute atomic E-state index is 13.5. The average Bonchev–Trinajstić information content (AvgIpc) is 2.76. The van der Waals surface area contributed by atoms with E-state index in [1.807, 2.05) is 48.5 Å². The number of nitrogens with one attached hydrogen (secondary N) is 1. The van der Waals surface area contributed by atoms with E-state index < -0.39 is 32.7 Å². The Kier molecular flexibility index (Phi) is 5.51. The van der Waals surface area contributed by atoms with Crippen LogP contribution >= 0.6 is 0 Å². The highest BCUT2D eigenvalue weighted by Gasteiger charge is 2.38. The second-order valence-electron chi connectivity index (χ2n) is 7.62. The van der Waals surface area contributed by atoms with Crippen LogP contribution in [0.5, 0.6) is 11.5 Å². The van der Waals surface area contributed by atoms with Gasteiger partial charge in [-0.25, -0.2) is 8.42 Å². The molecule has 0 unspecified atom stereocenters. The number of carbonyl (C=O) groups is 2. The first-order valence-corrected chi connectivity index (χ1v) is 11.7. The van der Waals surface area contributed by atoms with Gasteiger partial charge in [0, 0.05) is 31.3 Å². The number of sulfone groups is 1. The van der Waals surface area contributed by atoms with Gasteiger partial charge in [0.2, 0.25) is 11.8 Å². The Hall–Kier alpha value is -2.87. The molecule has 0 atom stereocenters. The summed E-state index contributed by atoms with van der Waals surface area (Å²) >= 11 is 0. The average molecular weight is 429 g/mol. The number of amides is 2. The Morgan fingerprint density at radius 1 is 1.00 bits per heavy atom. The van der Waals surface area contributed by atoms with Crippen LogP contribution in [0.4, 0.5) is 0 Å². The van der Waals surface area contributed by atoms with Gasteiger partial charge in [0.1, 0.15) is 17.3 Å². The topological polar surface area (TPSA) is 92.8 Å². The molecule has 1 fully saturated rings. The van der Waals surface area contributed by atoms with Crippen LogP contribution < -0.4 is 10.1 Å². The van der Waals surface area contributed by atoms with Crippen LogP contribution in [0.25, 0.3) is 0 Å². The van der Waals surface area contributed by atoms with Crippen molar-refractivity contribution in [1.82, 2.24) is 10.2 Å². The van der Waals surface area contributed by atoms with Gasteiger partial charge in [-0.2, -0.15) is 0 Å². The molecule has 8 heteroatoms. The number of fused-ring (bicyclic) bond motifs is 2. The maximum atomic E-state index is 13.5. The first kappa shape index (κ1) is 20.4. The molecule has 0 bridgehead atoms. The van der Waals surface area contributed by atoms with Crippen LogP contribution in [0.1, 0.15) is 29.9 Å². The van der Waals surface area contributed by atoms with E-state index in [0.29, 0.717) is 37.4 Å². The zero-order chi connectivity index (χ0) is 21.3. The highest BCUT2D eigenvalue weighted by molar-refractivity contribution is 7.92. The highest BCUT2D eigenvalue weighted by Crippen LogP contribution is 2.44. The molecule has 2 aromatic carbocycles. The summed E-state index contributed by atoms with van der Waals surface area (Å²) in [5.74, 6) is -0.229. The van der Waals surface area contributed by atoms with E-state index in [9.17, 15) is 18.0 Å². The van der Waals surface area contributed by atoms with Crippen molar-refractivity contribution >= 4 is 21.7 Å². The zero-order valence-corrected chi connectivity index (χ0v) is 17.5. The van der Waals surface area contributed by atoms with Crippen LogP contribution in [0, 0.1) is 0 Å². The predicted molar refractivity (Wildman–Crippen MR) is 112 cm³/mol. The number of nitrogens with zero attached hydrogens (tertiary/aromatic N) is 1. The predicted octanol–water partition coefficient (Wildman–Crippen LogP) is 2.08. The van der Waals surface area contributed by atoms with Crippen LogP contribution in [-0.2, 0) is 19.4 Å². The first-order valence-electron chi connectivity index (χ1n) is 9.97. The van der Waals surface area contributed by atoms with E-state index in [-0.39, 0.29) is 5.91 Å². The van der Waals surface area contributed by atoms with E-state index in [1.165, 1.54) is 7.05 Å². The summed E-state index contributed by atoms with van der Waals surface area (Å²) < 4.78 is 30.9. The molecular weight excluding hydrogens is 404 g/mol. The number of hydrogen-bond acceptors (Lipinski definition) is 5. The number of hydrogen-bond donors (Lipinski definition) is 1. The summed E-state index contributed by atoms with van der Waals surface area (Å²) in [6.07, 6.45) is 0.662. The van der Waals surface area contributed by atoms with Crippen LogP contribution in [0.15, 0.2) is 48.5 Å². The normalized spacial score (nSPS) is 16.9. The van der Waals surface area contributed by atoms with Crippen molar-refractivity contribution in [2.45, 2.75) is 24.0 Å². The van der Waals surface area contributed by atoms with Crippen LogP contribution in [0.2, 0.25) is 0 Å². The molecule has 2 amide bonds. The highest BCUT2D eigenvalue weighted by atomic mass is 32.2. The molecule has 158 valence electrons. The minimum atomic E-state index is -3.54. The van der Waals surface area contributed by atoms with Crippen molar-refractivity contribution in [1.29, 1.82) is 0 Å². The molecule has 0 spiro atoms. The Balaban J connectivity index is 1.54. The van der Waals surface area contributed by atoms with Gasteiger partial charge in [-0.1, -0.05) is 36.4 Å². The number of piperidine rings is 1. The number of rotatable bonds is 4. The fraction of sp³-hybridized carbons (Fsp3) is 0.364. The quantitative estimate of drug-likeness (QED) is 0.805. The van der Waals surface area contributed by atoms with Crippen molar-refractivity contribution in [3.63, 3.8) is 0 Å². The summed E-state index contributed by atoms with van der Waals surface area (Å²) in [5.41, 5.74) is 1.63. The fourth-order valence-electron chi connectivity index (χ4n) is 4.17. The maximum Gasteiger partial charge on any atom is 0.234 e. The van der Waals surface area contributed by atoms with Gasteiger partial charge in [-0.05, 0) is 25.0 Å². The molecule has 2 aliphatic heterocycles. The van der Waals surface area contributed by atoms with Gasteiger partial charge < -0.3 is 15.0 Å². The Morgan fingerprint density at radius 2 is 1.53 bits per heavy atom. The molecule has 0 radical (unpaired) electrons. The van der Waals surface area contributed by atoms with E-state index in [1.54, 1.807) is 4.90 Å². The van der Waals surface area contributed by atoms with Gasteiger partial charge in [0.25, 0.3) is 0 Å². The molecule has 2 aliphatic rings. The molecule has 2 aromatic rings. The summed E-state index contributed by atoms with van der Waals surface area (Å²) in [4.78, 5) is 26.8. The second kappa shape index (κ2) is 8.10. The molecule has 30 heavy (non-hydrogen) atoms. The smallest absolute Gasteiger partial charge is 0.234 e. The zero-order valence-electron chi connectivity index (χ0n) is 16.7. The van der Waals surface area contributed by atoms with Crippen molar-refractivity contribution in [2.24, 2.45) is 0 Å². The molecule has 0 aliphatic carbocycles. The minimum Gasteiger partial charge on any atom is -0.457 e. The molecule has 2 heterocycles. The van der Waals surface area contributed by atoms with E-state index in [4.69, 9.17) is 4.74 Å². The third-order valence-corrected chi connectivity index (χ3v) is 7.95. The summed E-state index contributed by atoms with van der Waals surface area (Å²) in [6, 6.07) is 15.0. The minimum absolute atomic E-state index is 0.0552. The third kappa shape index (κ3) is 3.79. The van der Waals surface area contributed by atoms with E-state index >= 15 is 0 Å². The molecule has 0 aromatic heterocycles. The number of benzene rings is 2. The SMILES string of the molecule is CNC(=O)CS(=O)(=O)C1CCN(C(=O)C2c3ccccc3Oc3ccccc32)CC1. The fourth-order valence-corrected chi connectivity index (χ4v) is 5.84. The largest absolute Gasteiger partial charge is 0.457 e. The van der Waals surface area contributed by atoms with Gasteiger partial charge in [-0.15, -0.1) is 0 Å². The van der Waals surface area contributed by atoms with Crippen molar-refractivity contribution in [3.05, 3.63) is 59.7 Å². The molecule has 4 rings (SSSR count). The van der Waals surface area contributed by atoms with Crippen molar-refractivity contribution < 1.29 is 22.7 Å².